The van der Waals surface area contributed by atoms with Crippen molar-refractivity contribution < 1.29 is 9.59 Å². The van der Waals surface area contributed by atoms with E-state index in [0.29, 0.717) is 50.0 Å². The summed E-state index contributed by atoms with van der Waals surface area (Å²) in [5.41, 5.74) is 4.52. The minimum Gasteiger partial charge on any atom is -0.322 e. The molecule has 0 bridgehead atoms. The SMILES string of the molecule is CC1=C(C(=O)Nc2ccccc2)[C@@H](c2ccc(Cl)cc2)n2c(s/c(=C3\C(=O)N(Cc4ccccc4)c4ccccc43)c2=O)=N1. The molecular weight excluding hydrogens is 592 g/mol. The van der Waals surface area contributed by atoms with Crippen LogP contribution in [0.4, 0.5) is 11.4 Å². The summed E-state index contributed by atoms with van der Waals surface area (Å²) in [5.74, 6) is -0.618. The van der Waals surface area contributed by atoms with E-state index in [1.807, 2.05) is 72.8 Å². The predicted molar refractivity (Wildman–Crippen MR) is 173 cm³/mol. The summed E-state index contributed by atoms with van der Waals surface area (Å²) in [7, 11) is 0. The number of aromatic nitrogens is 1. The van der Waals surface area contributed by atoms with Crippen LogP contribution in [-0.2, 0) is 16.1 Å². The lowest BCUT2D eigenvalue weighted by Crippen LogP contribution is -2.41. The van der Waals surface area contributed by atoms with Gasteiger partial charge in [0.2, 0.25) is 0 Å². The first kappa shape index (κ1) is 27.8. The molecule has 1 aromatic heterocycles. The Bertz CT molecular complexity index is 2150. The summed E-state index contributed by atoms with van der Waals surface area (Å²) in [4.78, 5) is 49.2. The van der Waals surface area contributed by atoms with Gasteiger partial charge in [0.1, 0.15) is 4.53 Å². The van der Waals surface area contributed by atoms with Crippen molar-refractivity contribution >= 4 is 51.7 Å². The number of anilines is 2. The summed E-state index contributed by atoms with van der Waals surface area (Å²) in [5, 5.41) is 3.49. The monoisotopic (exact) mass is 616 g/mol. The summed E-state index contributed by atoms with van der Waals surface area (Å²) >= 11 is 7.39. The third kappa shape index (κ3) is 4.78. The molecule has 216 valence electrons. The average molecular weight is 617 g/mol. The number of para-hydroxylation sites is 2. The molecule has 5 aromatic rings. The molecule has 7 rings (SSSR count). The van der Waals surface area contributed by atoms with Gasteiger partial charge >= 0.3 is 0 Å². The highest BCUT2D eigenvalue weighted by Crippen LogP contribution is 2.37. The van der Waals surface area contributed by atoms with E-state index in [1.165, 1.54) is 15.9 Å². The van der Waals surface area contributed by atoms with Crippen LogP contribution in [0.15, 0.2) is 130 Å². The second kappa shape index (κ2) is 11.2. The lowest BCUT2D eigenvalue weighted by molar-refractivity contribution is -0.114. The van der Waals surface area contributed by atoms with E-state index in [2.05, 4.69) is 5.32 Å². The van der Waals surface area contributed by atoms with E-state index in [4.69, 9.17) is 16.6 Å². The molecular formula is C35H25ClN4O3S. The molecule has 0 saturated heterocycles. The molecule has 2 aliphatic heterocycles. The molecule has 0 saturated carbocycles. The summed E-state index contributed by atoms with van der Waals surface area (Å²) in [6, 6.07) is 32.7. The van der Waals surface area contributed by atoms with Gasteiger partial charge in [-0.1, -0.05) is 102 Å². The third-order valence-electron chi connectivity index (χ3n) is 7.79. The Morgan fingerprint density at radius 2 is 1.55 bits per heavy atom. The summed E-state index contributed by atoms with van der Waals surface area (Å²) in [6.45, 7) is 2.13. The lowest BCUT2D eigenvalue weighted by Gasteiger charge is -2.25. The summed E-state index contributed by atoms with van der Waals surface area (Å²) < 4.78 is 1.81. The first-order valence-electron chi connectivity index (χ1n) is 14.0. The lowest BCUT2D eigenvalue weighted by atomic mass is 9.95. The second-order valence-corrected chi connectivity index (χ2v) is 12.0. The molecule has 1 atom stereocenters. The van der Waals surface area contributed by atoms with Crippen LogP contribution in [0, 0.1) is 0 Å². The van der Waals surface area contributed by atoms with E-state index in [9.17, 15) is 14.4 Å². The highest BCUT2D eigenvalue weighted by Gasteiger charge is 2.37. The van der Waals surface area contributed by atoms with Crippen LogP contribution in [-0.4, -0.2) is 16.4 Å². The Morgan fingerprint density at radius 3 is 2.27 bits per heavy atom. The third-order valence-corrected chi connectivity index (χ3v) is 9.10. The molecule has 2 amide bonds. The zero-order valence-electron chi connectivity index (χ0n) is 23.5. The van der Waals surface area contributed by atoms with Crippen LogP contribution in [0.3, 0.4) is 0 Å². The van der Waals surface area contributed by atoms with Gasteiger partial charge in [0, 0.05) is 16.3 Å². The van der Waals surface area contributed by atoms with Gasteiger partial charge in [0.05, 0.1) is 35.1 Å². The number of carbonyl (C=O) groups excluding carboxylic acids is 2. The van der Waals surface area contributed by atoms with Crippen molar-refractivity contribution in [2.45, 2.75) is 19.5 Å². The maximum absolute atomic E-state index is 14.4. The van der Waals surface area contributed by atoms with E-state index < -0.39 is 6.04 Å². The Kier molecular flexibility index (Phi) is 7.08. The van der Waals surface area contributed by atoms with Crippen molar-refractivity contribution in [1.29, 1.82) is 0 Å². The van der Waals surface area contributed by atoms with Crippen molar-refractivity contribution in [3.63, 3.8) is 0 Å². The summed E-state index contributed by atoms with van der Waals surface area (Å²) in [6.07, 6.45) is 0. The van der Waals surface area contributed by atoms with Crippen molar-refractivity contribution in [3.05, 3.63) is 162 Å². The van der Waals surface area contributed by atoms with Gasteiger partial charge in [-0.2, -0.15) is 0 Å². The Morgan fingerprint density at radius 1 is 0.886 bits per heavy atom. The Hall–Kier alpha value is -5.05. The van der Waals surface area contributed by atoms with Crippen molar-refractivity contribution in [1.82, 2.24) is 4.57 Å². The highest BCUT2D eigenvalue weighted by molar-refractivity contribution is 7.07. The second-order valence-electron chi connectivity index (χ2n) is 10.5. The van der Waals surface area contributed by atoms with Crippen molar-refractivity contribution in [2.24, 2.45) is 4.99 Å². The van der Waals surface area contributed by atoms with Crippen LogP contribution in [0.25, 0.3) is 5.57 Å². The quantitative estimate of drug-likeness (QED) is 0.285. The number of amides is 2. The van der Waals surface area contributed by atoms with Gasteiger partial charge in [-0.15, -0.1) is 0 Å². The van der Waals surface area contributed by atoms with Crippen LogP contribution >= 0.6 is 22.9 Å². The standard InChI is InChI=1S/C35H25ClN4O3S/c1-21-28(32(41)38-25-12-6-3-7-13-25)30(23-16-18-24(36)19-17-23)40-34(43)31(44-35(40)37-21)29-26-14-8-9-15-27(26)39(33(29)42)20-22-10-4-2-5-11-22/h2-19,30H,20H2,1H3,(H,38,41)/b31-29-/t30-/m1/s1. The van der Waals surface area contributed by atoms with E-state index >= 15 is 0 Å². The fourth-order valence-corrected chi connectivity index (χ4v) is 7.03. The number of halogens is 1. The number of carbonyl (C=O) groups is 2. The Balaban J connectivity index is 1.41. The fourth-order valence-electron chi connectivity index (χ4n) is 5.76. The van der Waals surface area contributed by atoms with Gasteiger partial charge in [0.25, 0.3) is 17.4 Å². The van der Waals surface area contributed by atoms with Gasteiger partial charge in [-0.25, -0.2) is 4.99 Å². The number of thiazole rings is 1. The molecule has 44 heavy (non-hydrogen) atoms. The largest absolute Gasteiger partial charge is 0.322 e. The zero-order valence-corrected chi connectivity index (χ0v) is 25.1. The first-order valence-corrected chi connectivity index (χ1v) is 15.2. The number of allylic oxidation sites excluding steroid dienone is 1. The van der Waals surface area contributed by atoms with E-state index in [1.54, 1.807) is 48.2 Å². The molecule has 2 aliphatic rings. The van der Waals surface area contributed by atoms with Gasteiger partial charge in [-0.05, 0) is 48.4 Å². The average Bonchev–Trinajstić information content (AvgIpc) is 3.49. The maximum Gasteiger partial charge on any atom is 0.271 e. The minimum atomic E-state index is -0.784. The molecule has 3 heterocycles. The minimum absolute atomic E-state index is 0.249. The van der Waals surface area contributed by atoms with E-state index in [0.717, 1.165) is 11.3 Å². The van der Waals surface area contributed by atoms with Gasteiger partial charge in [-0.3, -0.25) is 19.0 Å². The highest BCUT2D eigenvalue weighted by atomic mass is 35.5. The van der Waals surface area contributed by atoms with Crippen molar-refractivity contribution in [2.75, 3.05) is 10.2 Å². The van der Waals surface area contributed by atoms with Crippen LogP contribution in [0.5, 0.6) is 0 Å². The number of nitrogens with one attached hydrogen (secondary N) is 1. The molecule has 0 unspecified atom stereocenters. The molecule has 4 aromatic carbocycles. The number of hydrogen-bond acceptors (Lipinski definition) is 5. The predicted octanol–water partition coefficient (Wildman–Crippen LogP) is 5.44. The molecule has 0 aliphatic carbocycles. The van der Waals surface area contributed by atoms with Crippen molar-refractivity contribution in [3.8, 4) is 0 Å². The maximum atomic E-state index is 14.4. The van der Waals surface area contributed by atoms with Gasteiger partial charge in [0.15, 0.2) is 4.80 Å². The topological polar surface area (TPSA) is 83.8 Å². The van der Waals surface area contributed by atoms with E-state index in [-0.39, 0.29) is 21.9 Å². The molecule has 0 radical (unpaired) electrons. The molecule has 1 N–H and O–H groups in total. The zero-order chi connectivity index (χ0) is 30.4. The van der Waals surface area contributed by atoms with Crippen LogP contribution in [0.1, 0.15) is 29.7 Å². The first-order chi connectivity index (χ1) is 21.4. The number of fused-ring (bicyclic) bond motifs is 2. The smallest absolute Gasteiger partial charge is 0.271 e. The molecule has 7 nitrogen and oxygen atoms in total. The van der Waals surface area contributed by atoms with Crippen LogP contribution in [0.2, 0.25) is 5.02 Å². The molecule has 9 heteroatoms. The number of nitrogens with zero attached hydrogens (tertiary/aromatic N) is 3. The Labute approximate surface area is 261 Å². The number of benzene rings is 4. The normalized spacial score (nSPS) is 16.8. The molecule has 0 spiro atoms. The number of hydrogen-bond donors (Lipinski definition) is 1. The fraction of sp³-hybridized carbons (Fsp3) is 0.0857. The van der Waals surface area contributed by atoms with Crippen LogP contribution < -0.4 is 25.1 Å². The van der Waals surface area contributed by atoms with Gasteiger partial charge < -0.3 is 10.2 Å². The molecule has 0 fully saturated rings. The number of rotatable bonds is 5.